The minimum Gasteiger partial charge on any atom is -0.326 e. The summed E-state index contributed by atoms with van der Waals surface area (Å²) < 4.78 is 67.4. The number of amides is 2. The molecule has 0 saturated heterocycles. The predicted octanol–water partition coefficient (Wildman–Crippen LogP) is 4.71. The van der Waals surface area contributed by atoms with Crippen molar-refractivity contribution in [2.24, 2.45) is 5.10 Å². The van der Waals surface area contributed by atoms with Crippen molar-refractivity contribution in [2.75, 3.05) is 16.2 Å². The van der Waals surface area contributed by atoms with Gasteiger partial charge in [-0.15, -0.1) is 0 Å². The van der Waals surface area contributed by atoms with Crippen LogP contribution in [-0.2, 0) is 25.8 Å². The number of anilines is 2. The number of aryl methyl sites for hydroxylation is 1. The Hall–Kier alpha value is -4.19. The smallest absolute Gasteiger partial charge is 0.326 e. The minimum absolute atomic E-state index is 0.188. The van der Waals surface area contributed by atoms with Gasteiger partial charge in [0.1, 0.15) is 6.54 Å². The Labute approximate surface area is 218 Å². The van der Waals surface area contributed by atoms with Crippen molar-refractivity contribution in [1.29, 1.82) is 0 Å². The number of nitrogens with one attached hydrogen (secondary N) is 2. The molecule has 0 heterocycles. The van der Waals surface area contributed by atoms with Crippen molar-refractivity contribution in [3.63, 3.8) is 0 Å². The van der Waals surface area contributed by atoms with E-state index < -0.39 is 34.2 Å². The Morgan fingerprint density at radius 3 is 2.16 bits per heavy atom. The Bertz CT molecular complexity index is 1450. The number of carbonyl (C=O) groups is 2. The quantitative estimate of drug-likeness (QED) is 0.315. The lowest BCUT2D eigenvalue weighted by Gasteiger charge is -2.24. The number of nitrogens with zero attached hydrogens (tertiary/aromatic N) is 2. The molecule has 0 radical (unpaired) electrons. The van der Waals surface area contributed by atoms with Crippen LogP contribution in [0.3, 0.4) is 0 Å². The first-order valence-corrected chi connectivity index (χ1v) is 12.7. The van der Waals surface area contributed by atoms with Crippen LogP contribution < -0.4 is 15.0 Å². The lowest BCUT2D eigenvalue weighted by Crippen LogP contribution is -2.40. The molecule has 0 fully saturated rings. The molecular weight excluding hydrogens is 521 g/mol. The summed E-state index contributed by atoms with van der Waals surface area (Å²) >= 11 is 0. The van der Waals surface area contributed by atoms with E-state index in [9.17, 15) is 31.2 Å². The highest BCUT2D eigenvalue weighted by Gasteiger charge is 2.33. The molecule has 0 atom stereocenters. The van der Waals surface area contributed by atoms with Crippen molar-refractivity contribution in [2.45, 2.75) is 31.8 Å². The number of sulfonamides is 1. The molecule has 0 saturated carbocycles. The topological polar surface area (TPSA) is 108 Å². The van der Waals surface area contributed by atoms with Gasteiger partial charge in [0, 0.05) is 12.6 Å². The summed E-state index contributed by atoms with van der Waals surface area (Å²) in [6, 6.07) is 16.0. The van der Waals surface area contributed by atoms with Gasteiger partial charge >= 0.3 is 6.18 Å². The highest BCUT2D eigenvalue weighted by Crippen LogP contribution is 2.33. The Balaban J connectivity index is 1.88. The van der Waals surface area contributed by atoms with Crippen molar-refractivity contribution >= 4 is 38.9 Å². The van der Waals surface area contributed by atoms with Crippen molar-refractivity contribution in [1.82, 2.24) is 5.43 Å². The van der Waals surface area contributed by atoms with Crippen LogP contribution >= 0.6 is 0 Å². The van der Waals surface area contributed by atoms with Gasteiger partial charge < -0.3 is 5.32 Å². The number of hydrazone groups is 1. The molecule has 12 heteroatoms. The third-order valence-corrected chi connectivity index (χ3v) is 7.12. The van der Waals surface area contributed by atoms with E-state index in [2.05, 4.69) is 15.8 Å². The van der Waals surface area contributed by atoms with Crippen LogP contribution in [0.15, 0.2) is 82.8 Å². The summed E-state index contributed by atoms with van der Waals surface area (Å²) in [5, 5.41) is 6.60. The standard InChI is InChI=1S/C26H25F3N4O4S/c1-17-7-13-24(14-8-17)38(36,37)33(23-6-4-5-21(15-23)26(27,28)29)16-25(35)32-31-18(2)20-9-11-22(12-10-20)30-19(3)34/h4-15H,16H2,1-3H3,(H,30,34)(H,32,35). The highest BCUT2D eigenvalue weighted by atomic mass is 32.2. The van der Waals surface area contributed by atoms with Gasteiger partial charge in [0.25, 0.3) is 15.9 Å². The third-order valence-electron chi connectivity index (χ3n) is 5.33. The number of benzene rings is 3. The second-order valence-electron chi connectivity index (χ2n) is 8.36. The lowest BCUT2D eigenvalue weighted by atomic mass is 10.1. The first-order valence-electron chi connectivity index (χ1n) is 11.2. The summed E-state index contributed by atoms with van der Waals surface area (Å²) in [6.07, 6.45) is -4.71. The molecule has 8 nitrogen and oxygen atoms in total. The van der Waals surface area contributed by atoms with Crippen LogP contribution in [0.5, 0.6) is 0 Å². The van der Waals surface area contributed by atoms with Gasteiger partial charge in [-0.05, 0) is 61.9 Å². The van der Waals surface area contributed by atoms with Gasteiger partial charge in [-0.2, -0.15) is 18.3 Å². The van der Waals surface area contributed by atoms with E-state index in [-0.39, 0.29) is 16.5 Å². The number of hydrogen-bond donors (Lipinski definition) is 2. The maximum absolute atomic E-state index is 13.4. The Morgan fingerprint density at radius 2 is 1.58 bits per heavy atom. The average Bonchev–Trinajstić information content (AvgIpc) is 2.85. The first kappa shape index (κ1) is 28.4. The van der Waals surface area contributed by atoms with Crippen LogP contribution in [0, 0.1) is 6.92 Å². The van der Waals surface area contributed by atoms with E-state index >= 15 is 0 Å². The molecule has 2 N–H and O–H groups in total. The second kappa shape index (κ2) is 11.5. The van der Waals surface area contributed by atoms with Crippen LogP contribution in [0.4, 0.5) is 24.5 Å². The molecule has 0 spiro atoms. The summed E-state index contributed by atoms with van der Waals surface area (Å²) in [4.78, 5) is 23.7. The zero-order valence-electron chi connectivity index (χ0n) is 20.7. The van der Waals surface area contributed by atoms with Gasteiger partial charge in [-0.1, -0.05) is 35.9 Å². The number of alkyl halides is 3. The molecule has 200 valence electrons. The predicted molar refractivity (Wildman–Crippen MR) is 138 cm³/mol. The molecule has 3 aromatic rings. The molecule has 3 rings (SSSR count). The number of carbonyl (C=O) groups excluding carboxylic acids is 2. The molecule has 0 aliphatic heterocycles. The Morgan fingerprint density at radius 1 is 0.947 bits per heavy atom. The summed E-state index contributed by atoms with van der Waals surface area (Å²) in [5.74, 6) is -1.10. The van der Waals surface area contributed by atoms with E-state index in [1.54, 1.807) is 50.2 Å². The summed E-state index contributed by atoms with van der Waals surface area (Å²) in [6.45, 7) is 3.90. The molecule has 38 heavy (non-hydrogen) atoms. The molecular formula is C26H25F3N4O4S. The molecule has 0 aliphatic carbocycles. The second-order valence-corrected chi connectivity index (χ2v) is 10.2. The van der Waals surface area contributed by atoms with Crippen LogP contribution in [0.25, 0.3) is 0 Å². The average molecular weight is 547 g/mol. The van der Waals surface area contributed by atoms with Crippen molar-refractivity contribution in [3.8, 4) is 0 Å². The molecule has 0 aliphatic rings. The zero-order chi connectivity index (χ0) is 28.1. The maximum Gasteiger partial charge on any atom is 0.416 e. The molecule has 0 bridgehead atoms. The normalized spacial score (nSPS) is 12.1. The monoisotopic (exact) mass is 546 g/mol. The number of rotatable bonds is 8. The van der Waals surface area contributed by atoms with Gasteiger partial charge in [0.05, 0.1) is 21.9 Å². The van der Waals surface area contributed by atoms with Crippen molar-refractivity contribution in [3.05, 3.63) is 89.5 Å². The van der Waals surface area contributed by atoms with Crippen molar-refractivity contribution < 1.29 is 31.2 Å². The third kappa shape index (κ3) is 7.19. The maximum atomic E-state index is 13.4. The van der Waals surface area contributed by atoms with E-state index in [1.165, 1.54) is 25.1 Å². The number of hydrogen-bond acceptors (Lipinski definition) is 5. The Kier molecular flexibility index (Phi) is 8.56. The van der Waals surface area contributed by atoms with E-state index in [0.29, 0.717) is 27.3 Å². The lowest BCUT2D eigenvalue weighted by molar-refractivity contribution is -0.137. The van der Waals surface area contributed by atoms with Gasteiger partial charge in [-0.3, -0.25) is 13.9 Å². The molecule has 0 unspecified atom stereocenters. The largest absolute Gasteiger partial charge is 0.416 e. The van der Waals surface area contributed by atoms with E-state index in [4.69, 9.17) is 0 Å². The SMILES string of the molecule is CC(=O)Nc1ccc(C(C)=NNC(=O)CN(c2cccc(C(F)(F)F)c2)S(=O)(=O)c2ccc(C)cc2)cc1. The fourth-order valence-electron chi connectivity index (χ4n) is 3.36. The van der Waals surface area contributed by atoms with Gasteiger partial charge in [0.2, 0.25) is 5.91 Å². The highest BCUT2D eigenvalue weighted by molar-refractivity contribution is 7.92. The minimum atomic E-state index is -4.71. The van der Waals surface area contributed by atoms with Gasteiger partial charge in [-0.25, -0.2) is 13.8 Å². The molecule has 3 aromatic carbocycles. The van der Waals surface area contributed by atoms with E-state index in [1.807, 2.05) is 0 Å². The van der Waals surface area contributed by atoms with Crippen LogP contribution in [0.2, 0.25) is 0 Å². The zero-order valence-corrected chi connectivity index (χ0v) is 21.5. The van der Waals surface area contributed by atoms with E-state index in [0.717, 1.165) is 17.7 Å². The number of halogens is 3. The molecule has 0 aromatic heterocycles. The fraction of sp³-hybridized carbons (Fsp3) is 0.192. The van der Waals surface area contributed by atoms with Gasteiger partial charge in [0.15, 0.2) is 0 Å². The summed E-state index contributed by atoms with van der Waals surface area (Å²) in [7, 11) is -4.41. The summed E-state index contributed by atoms with van der Waals surface area (Å²) in [5.41, 5.74) is 3.20. The fourth-order valence-corrected chi connectivity index (χ4v) is 4.78. The van der Waals surface area contributed by atoms with Crippen LogP contribution in [0.1, 0.15) is 30.5 Å². The first-order chi connectivity index (χ1) is 17.8. The molecule has 2 amide bonds. The van der Waals surface area contributed by atoms with Crippen LogP contribution in [-0.4, -0.2) is 32.5 Å².